The number of aliphatic hydroxyl groups excluding tert-OH is 1. The molecule has 3 aromatic rings. The molecule has 1 aliphatic heterocycles. The number of hydrogen-bond donors (Lipinski definition) is 1. The minimum absolute atomic E-state index is 0.0224. The monoisotopic (exact) mass is 428 g/mol. The number of thiazole rings is 1. The number of aromatic nitrogens is 1. The Hall–Kier alpha value is -3.66. The zero-order chi connectivity index (χ0) is 21.6. The summed E-state index contributed by atoms with van der Waals surface area (Å²) in [4.78, 5) is 43.7. The van der Waals surface area contributed by atoms with Crippen LogP contribution in [0.5, 0.6) is 0 Å². The second kappa shape index (κ2) is 7.30. The Balaban J connectivity index is 1.84. The summed E-state index contributed by atoms with van der Waals surface area (Å²) in [7, 11) is 1.24. The lowest BCUT2D eigenvalue weighted by Crippen LogP contribution is -2.30. The summed E-state index contributed by atoms with van der Waals surface area (Å²) >= 11 is 0.915. The van der Waals surface area contributed by atoms with Crippen LogP contribution in [-0.4, -0.2) is 34.9 Å². The van der Waals surface area contributed by atoms with Gasteiger partial charge in [0.15, 0.2) is 16.7 Å². The first-order valence-corrected chi connectivity index (χ1v) is 9.62. The zero-order valence-electron chi connectivity index (χ0n) is 16.2. The van der Waals surface area contributed by atoms with E-state index >= 15 is 0 Å². The van der Waals surface area contributed by atoms with E-state index in [1.807, 2.05) is 0 Å². The molecule has 1 atom stereocenters. The number of Topliss-reactive ketones (excluding diaryl/α,β-unsaturated/α-hetero) is 1. The number of anilines is 1. The molecule has 154 valence electrons. The number of methoxy groups -OCH3 is 1. The van der Waals surface area contributed by atoms with Gasteiger partial charge in [-0.25, -0.2) is 9.78 Å². The highest BCUT2D eigenvalue weighted by Crippen LogP contribution is 2.43. The highest BCUT2D eigenvalue weighted by atomic mass is 32.1. The average Bonchev–Trinajstić information content (AvgIpc) is 3.49. The molecule has 0 saturated heterocycles. The van der Waals surface area contributed by atoms with E-state index in [1.54, 1.807) is 32.0 Å². The van der Waals surface area contributed by atoms with E-state index in [0.717, 1.165) is 16.2 Å². The van der Waals surface area contributed by atoms with E-state index in [0.29, 0.717) is 11.5 Å². The van der Waals surface area contributed by atoms with Gasteiger partial charge < -0.3 is 18.7 Å². The van der Waals surface area contributed by atoms with Crippen molar-refractivity contribution in [3.05, 3.63) is 69.7 Å². The van der Waals surface area contributed by atoms with E-state index < -0.39 is 29.5 Å². The fraction of sp³-hybridized carbons (Fsp3) is 0.200. The van der Waals surface area contributed by atoms with Crippen molar-refractivity contribution in [3.63, 3.8) is 0 Å². The first kappa shape index (κ1) is 19.6. The summed E-state index contributed by atoms with van der Waals surface area (Å²) in [5.74, 6) is -2.10. The van der Waals surface area contributed by atoms with Gasteiger partial charge in [0.05, 0.1) is 24.6 Å². The highest BCUT2D eigenvalue weighted by Gasteiger charge is 2.48. The summed E-state index contributed by atoms with van der Waals surface area (Å²) < 4.78 is 15.6. The lowest BCUT2D eigenvalue weighted by molar-refractivity contribution is -0.117. The predicted octanol–water partition coefficient (Wildman–Crippen LogP) is 3.52. The van der Waals surface area contributed by atoms with Crippen LogP contribution in [0.3, 0.4) is 0 Å². The molecule has 0 fully saturated rings. The van der Waals surface area contributed by atoms with Gasteiger partial charge in [-0.1, -0.05) is 11.3 Å². The summed E-state index contributed by atoms with van der Waals surface area (Å²) in [5.41, 5.74) is 0.158. The summed E-state index contributed by atoms with van der Waals surface area (Å²) in [6.45, 7) is 3.27. The van der Waals surface area contributed by atoms with E-state index in [9.17, 15) is 19.5 Å². The molecular formula is C20H16N2O7S. The molecular weight excluding hydrogens is 412 g/mol. The Bertz CT molecular complexity index is 1190. The number of aryl methyl sites for hydroxylation is 2. The predicted molar refractivity (Wildman–Crippen MR) is 105 cm³/mol. The number of carbonyl (C=O) groups is 3. The van der Waals surface area contributed by atoms with E-state index in [-0.39, 0.29) is 27.1 Å². The molecule has 0 bridgehead atoms. The molecule has 0 unspecified atom stereocenters. The van der Waals surface area contributed by atoms with Crippen molar-refractivity contribution in [2.24, 2.45) is 0 Å². The first-order chi connectivity index (χ1) is 14.3. The summed E-state index contributed by atoms with van der Waals surface area (Å²) in [5, 5.41) is 10.7. The number of carbonyl (C=O) groups excluding carboxylic acids is 3. The van der Waals surface area contributed by atoms with Crippen molar-refractivity contribution in [1.82, 2.24) is 4.98 Å². The summed E-state index contributed by atoms with van der Waals surface area (Å²) in [6, 6.07) is 5.16. The van der Waals surface area contributed by atoms with Gasteiger partial charge >= 0.3 is 5.97 Å². The molecule has 4 heterocycles. The van der Waals surface area contributed by atoms with Gasteiger partial charge in [-0.05, 0) is 38.1 Å². The second-order valence-corrected chi connectivity index (χ2v) is 7.47. The molecule has 4 rings (SSSR count). The number of hydrogen-bond acceptors (Lipinski definition) is 9. The Labute approximate surface area is 174 Å². The Kier molecular flexibility index (Phi) is 4.78. The Morgan fingerprint density at radius 3 is 2.63 bits per heavy atom. The molecule has 1 amide bonds. The van der Waals surface area contributed by atoms with Crippen LogP contribution in [-0.2, 0) is 9.53 Å². The maximum absolute atomic E-state index is 13.1. The van der Waals surface area contributed by atoms with Gasteiger partial charge in [0.25, 0.3) is 5.91 Å². The van der Waals surface area contributed by atoms with Gasteiger partial charge in [-0.2, -0.15) is 0 Å². The fourth-order valence-corrected chi connectivity index (χ4v) is 4.22. The SMILES string of the molecule is COC(=O)c1sc(N2C(=O)C(O)=C(C(=O)c3ccc(C)o3)[C@@H]2c2ccco2)nc1C. The lowest BCUT2D eigenvalue weighted by Gasteiger charge is -2.21. The molecule has 30 heavy (non-hydrogen) atoms. The molecule has 1 N–H and O–H groups in total. The standard InChI is InChI=1S/C20H16N2O7S/c1-9-6-7-12(29-9)15(23)13-14(11-5-4-8-28-11)22(18(25)16(13)24)20-21-10(2)17(30-20)19(26)27-3/h4-8,14,24H,1-3H3/t14-/m0/s1. The first-order valence-electron chi connectivity index (χ1n) is 8.80. The summed E-state index contributed by atoms with van der Waals surface area (Å²) in [6.07, 6.45) is 1.39. The van der Waals surface area contributed by atoms with Gasteiger partial charge in [0, 0.05) is 0 Å². The number of rotatable bonds is 5. The van der Waals surface area contributed by atoms with Gasteiger partial charge in [-0.15, -0.1) is 0 Å². The van der Waals surface area contributed by atoms with Crippen molar-refractivity contribution >= 4 is 34.1 Å². The maximum atomic E-state index is 13.1. The molecule has 1 aliphatic rings. The molecule has 3 aromatic heterocycles. The Morgan fingerprint density at radius 1 is 1.27 bits per heavy atom. The fourth-order valence-electron chi connectivity index (χ4n) is 3.21. The molecule has 0 saturated carbocycles. The van der Waals surface area contributed by atoms with Crippen molar-refractivity contribution in [2.45, 2.75) is 19.9 Å². The average molecular weight is 428 g/mol. The Morgan fingerprint density at radius 2 is 2.03 bits per heavy atom. The van der Waals surface area contributed by atoms with Crippen LogP contribution >= 0.6 is 11.3 Å². The van der Waals surface area contributed by atoms with Crippen molar-refractivity contribution < 1.29 is 33.1 Å². The van der Waals surface area contributed by atoms with Crippen LogP contribution in [0.2, 0.25) is 0 Å². The van der Waals surface area contributed by atoms with Gasteiger partial charge in [0.1, 0.15) is 22.4 Å². The van der Waals surface area contributed by atoms with Gasteiger partial charge in [0.2, 0.25) is 5.78 Å². The van der Waals surface area contributed by atoms with Crippen LogP contribution in [0, 0.1) is 13.8 Å². The topological polar surface area (TPSA) is 123 Å². The van der Waals surface area contributed by atoms with Crippen LogP contribution in [0.4, 0.5) is 5.13 Å². The molecule has 10 heteroatoms. The second-order valence-electron chi connectivity index (χ2n) is 6.50. The lowest BCUT2D eigenvalue weighted by atomic mass is 10.00. The van der Waals surface area contributed by atoms with Crippen LogP contribution in [0.1, 0.15) is 43.5 Å². The normalized spacial score (nSPS) is 16.4. The number of ketones is 1. The third kappa shape index (κ3) is 3.01. The number of furan rings is 2. The molecule has 9 nitrogen and oxygen atoms in total. The van der Waals surface area contributed by atoms with Crippen molar-refractivity contribution in [3.8, 4) is 0 Å². The number of aliphatic hydroxyl groups is 1. The third-order valence-electron chi connectivity index (χ3n) is 4.59. The molecule has 0 spiro atoms. The number of esters is 1. The molecule has 0 aromatic carbocycles. The number of nitrogens with zero attached hydrogens (tertiary/aromatic N) is 2. The number of ether oxygens (including phenoxy) is 1. The van der Waals surface area contributed by atoms with Crippen LogP contribution in [0.25, 0.3) is 0 Å². The third-order valence-corrected chi connectivity index (χ3v) is 5.73. The van der Waals surface area contributed by atoms with Crippen molar-refractivity contribution in [2.75, 3.05) is 12.0 Å². The van der Waals surface area contributed by atoms with Crippen LogP contribution in [0.15, 0.2) is 50.7 Å². The minimum Gasteiger partial charge on any atom is -0.503 e. The van der Waals surface area contributed by atoms with E-state index in [2.05, 4.69) is 4.98 Å². The maximum Gasteiger partial charge on any atom is 0.350 e. The zero-order valence-corrected chi connectivity index (χ0v) is 17.0. The van der Waals surface area contributed by atoms with E-state index in [1.165, 1.54) is 19.4 Å². The molecule has 0 aliphatic carbocycles. The van der Waals surface area contributed by atoms with Gasteiger partial charge in [-0.3, -0.25) is 14.5 Å². The minimum atomic E-state index is -1.08. The van der Waals surface area contributed by atoms with Crippen molar-refractivity contribution in [1.29, 1.82) is 0 Å². The number of amides is 1. The quantitative estimate of drug-likeness (QED) is 0.484. The van der Waals surface area contributed by atoms with E-state index in [4.69, 9.17) is 13.6 Å². The highest BCUT2D eigenvalue weighted by molar-refractivity contribution is 7.17. The van der Waals surface area contributed by atoms with Crippen LogP contribution < -0.4 is 4.90 Å². The molecule has 0 radical (unpaired) electrons. The largest absolute Gasteiger partial charge is 0.503 e. The smallest absolute Gasteiger partial charge is 0.350 e.